The number of hydrogen-bond donors (Lipinski definition) is 2. The van der Waals surface area contributed by atoms with Crippen LogP contribution in [0.2, 0.25) is 0 Å². The normalized spacial score (nSPS) is 11.6. The van der Waals surface area contributed by atoms with Crippen molar-refractivity contribution in [1.29, 1.82) is 0 Å². The van der Waals surface area contributed by atoms with Crippen LogP contribution in [0.5, 0.6) is 0 Å². The Bertz CT molecular complexity index is 355. The van der Waals surface area contributed by atoms with Gasteiger partial charge in [0.15, 0.2) is 0 Å². The van der Waals surface area contributed by atoms with Crippen molar-refractivity contribution in [2.24, 2.45) is 5.73 Å². The highest BCUT2D eigenvalue weighted by atomic mass is 15.0. The minimum Gasteiger partial charge on any atom is -0.382 e. The second-order valence-corrected chi connectivity index (χ2v) is 5.22. The fourth-order valence-electron chi connectivity index (χ4n) is 1.61. The second-order valence-electron chi connectivity index (χ2n) is 5.22. The van der Waals surface area contributed by atoms with Crippen molar-refractivity contribution in [3.05, 3.63) is 17.7 Å². The van der Waals surface area contributed by atoms with Gasteiger partial charge in [-0.1, -0.05) is 27.7 Å². The zero-order chi connectivity index (χ0) is 12.9. The summed E-state index contributed by atoms with van der Waals surface area (Å²) in [6, 6.07) is 0. The lowest BCUT2D eigenvalue weighted by Gasteiger charge is -2.22. The van der Waals surface area contributed by atoms with Crippen LogP contribution in [0, 0.1) is 0 Å². The van der Waals surface area contributed by atoms with Crippen molar-refractivity contribution in [3.63, 3.8) is 0 Å². The number of anilines is 1. The molecule has 0 spiro atoms. The van der Waals surface area contributed by atoms with Crippen LogP contribution in [0.1, 0.15) is 45.6 Å². The van der Waals surface area contributed by atoms with E-state index >= 15 is 0 Å². The fourth-order valence-corrected chi connectivity index (χ4v) is 1.61. The number of nitrogens with zero attached hydrogens (tertiary/aromatic N) is 2. The summed E-state index contributed by atoms with van der Waals surface area (Å²) >= 11 is 0. The molecular formula is C13H24N4. The SMILES string of the molecule is CCc1ncc(NCCCN)c(C(C)(C)C)n1. The molecule has 0 aliphatic heterocycles. The van der Waals surface area contributed by atoms with E-state index in [1.807, 2.05) is 6.20 Å². The number of hydrogen-bond acceptors (Lipinski definition) is 4. The van der Waals surface area contributed by atoms with Crippen molar-refractivity contribution < 1.29 is 0 Å². The van der Waals surface area contributed by atoms with Gasteiger partial charge in [0.05, 0.1) is 17.6 Å². The second kappa shape index (κ2) is 5.96. The van der Waals surface area contributed by atoms with E-state index in [1.165, 1.54) is 0 Å². The molecular weight excluding hydrogens is 212 g/mol. The highest BCUT2D eigenvalue weighted by Crippen LogP contribution is 2.27. The van der Waals surface area contributed by atoms with Crippen LogP contribution in [-0.2, 0) is 11.8 Å². The lowest BCUT2D eigenvalue weighted by Crippen LogP contribution is -2.20. The summed E-state index contributed by atoms with van der Waals surface area (Å²) in [6.45, 7) is 10.2. The first-order chi connectivity index (χ1) is 7.99. The summed E-state index contributed by atoms with van der Waals surface area (Å²) in [5, 5.41) is 3.37. The first-order valence-corrected chi connectivity index (χ1v) is 6.29. The van der Waals surface area contributed by atoms with Gasteiger partial charge >= 0.3 is 0 Å². The molecule has 0 saturated carbocycles. The molecule has 0 aliphatic rings. The van der Waals surface area contributed by atoms with E-state index in [-0.39, 0.29) is 5.41 Å². The Kier molecular flexibility index (Phi) is 4.87. The Morgan fingerprint density at radius 3 is 2.59 bits per heavy atom. The standard InChI is InChI=1S/C13H24N4/c1-5-11-16-9-10(15-8-6-7-14)12(17-11)13(2,3)4/h9,15H,5-8,14H2,1-4H3. The topological polar surface area (TPSA) is 63.8 Å². The molecule has 17 heavy (non-hydrogen) atoms. The maximum atomic E-state index is 5.49. The van der Waals surface area contributed by atoms with Gasteiger partial charge in [0, 0.05) is 18.4 Å². The lowest BCUT2D eigenvalue weighted by atomic mass is 9.90. The lowest BCUT2D eigenvalue weighted by molar-refractivity contribution is 0.564. The third kappa shape index (κ3) is 3.97. The maximum absolute atomic E-state index is 5.49. The third-order valence-corrected chi connectivity index (χ3v) is 2.56. The quantitative estimate of drug-likeness (QED) is 0.768. The van der Waals surface area contributed by atoms with Crippen molar-refractivity contribution in [2.45, 2.75) is 46.0 Å². The van der Waals surface area contributed by atoms with Gasteiger partial charge in [0.1, 0.15) is 5.82 Å². The number of rotatable bonds is 5. The minimum atomic E-state index is 0.0257. The molecule has 0 fully saturated rings. The minimum absolute atomic E-state index is 0.0257. The zero-order valence-electron chi connectivity index (χ0n) is 11.4. The Labute approximate surface area is 104 Å². The molecule has 1 aromatic heterocycles. The molecule has 0 atom stereocenters. The average molecular weight is 236 g/mol. The van der Waals surface area contributed by atoms with Crippen molar-refractivity contribution in [2.75, 3.05) is 18.4 Å². The zero-order valence-corrected chi connectivity index (χ0v) is 11.4. The molecule has 0 bridgehead atoms. The fraction of sp³-hybridized carbons (Fsp3) is 0.692. The summed E-state index contributed by atoms with van der Waals surface area (Å²) in [4.78, 5) is 8.98. The molecule has 4 heteroatoms. The van der Waals surface area contributed by atoms with Crippen LogP contribution in [0.3, 0.4) is 0 Å². The van der Waals surface area contributed by atoms with Gasteiger partial charge in [-0.3, -0.25) is 0 Å². The number of nitrogens with one attached hydrogen (secondary N) is 1. The molecule has 0 amide bonds. The molecule has 1 heterocycles. The molecule has 0 unspecified atom stereocenters. The molecule has 0 aliphatic carbocycles. The van der Waals surface area contributed by atoms with Crippen LogP contribution in [-0.4, -0.2) is 23.1 Å². The van der Waals surface area contributed by atoms with E-state index in [1.54, 1.807) is 0 Å². The molecule has 96 valence electrons. The van der Waals surface area contributed by atoms with Gasteiger partial charge in [0.2, 0.25) is 0 Å². The predicted octanol–water partition coefficient (Wildman–Crippen LogP) is 2.10. The molecule has 0 radical (unpaired) electrons. The molecule has 1 aromatic rings. The first kappa shape index (κ1) is 13.9. The van der Waals surface area contributed by atoms with E-state index < -0.39 is 0 Å². The van der Waals surface area contributed by atoms with Crippen LogP contribution in [0.4, 0.5) is 5.69 Å². The van der Waals surface area contributed by atoms with E-state index in [4.69, 9.17) is 5.73 Å². The van der Waals surface area contributed by atoms with Gasteiger partial charge in [0.25, 0.3) is 0 Å². The molecule has 0 aromatic carbocycles. The van der Waals surface area contributed by atoms with E-state index in [2.05, 4.69) is 43.0 Å². The predicted molar refractivity (Wildman–Crippen MR) is 72.3 cm³/mol. The maximum Gasteiger partial charge on any atom is 0.128 e. The van der Waals surface area contributed by atoms with Crippen LogP contribution >= 0.6 is 0 Å². The summed E-state index contributed by atoms with van der Waals surface area (Å²) in [7, 11) is 0. The first-order valence-electron chi connectivity index (χ1n) is 6.29. The molecule has 1 rings (SSSR count). The van der Waals surface area contributed by atoms with Crippen LogP contribution < -0.4 is 11.1 Å². The number of aromatic nitrogens is 2. The highest BCUT2D eigenvalue weighted by Gasteiger charge is 2.20. The van der Waals surface area contributed by atoms with Gasteiger partial charge in [-0.05, 0) is 13.0 Å². The molecule has 0 saturated heterocycles. The van der Waals surface area contributed by atoms with Gasteiger partial charge < -0.3 is 11.1 Å². The third-order valence-electron chi connectivity index (χ3n) is 2.56. The van der Waals surface area contributed by atoms with Crippen LogP contribution in [0.15, 0.2) is 6.20 Å². The average Bonchev–Trinajstić information content (AvgIpc) is 2.28. The van der Waals surface area contributed by atoms with Gasteiger partial charge in [-0.25, -0.2) is 9.97 Å². The summed E-state index contributed by atoms with van der Waals surface area (Å²) in [5.41, 5.74) is 7.63. The van der Waals surface area contributed by atoms with Gasteiger partial charge in [-0.15, -0.1) is 0 Å². The number of nitrogens with two attached hydrogens (primary N) is 1. The molecule has 3 N–H and O–H groups in total. The molecule has 4 nitrogen and oxygen atoms in total. The van der Waals surface area contributed by atoms with Gasteiger partial charge in [-0.2, -0.15) is 0 Å². The summed E-state index contributed by atoms with van der Waals surface area (Å²) in [6.07, 6.45) is 3.72. The Balaban J connectivity index is 2.95. The van der Waals surface area contributed by atoms with Crippen molar-refractivity contribution in [3.8, 4) is 0 Å². The Morgan fingerprint density at radius 2 is 2.06 bits per heavy atom. The monoisotopic (exact) mass is 236 g/mol. The Hall–Kier alpha value is -1.16. The Morgan fingerprint density at radius 1 is 1.35 bits per heavy atom. The smallest absolute Gasteiger partial charge is 0.128 e. The summed E-state index contributed by atoms with van der Waals surface area (Å²) < 4.78 is 0. The van der Waals surface area contributed by atoms with E-state index in [0.29, 0.717) is 6.54 Å². The van der Waals surface area contributed by atoms with Crippen LogP contribution in [0.25, 0.3) is 0 Å². The van der Waals surface area contributed by atoms with E-state index in [9.17, 15) is 0 Å². The van der Waals surface area contributed by atoms with Crippen molar-refractivity contribution in [1.82, 2.24) is 9.97 Å². The number of aryl methyl sites for hydroxylation is 1. The van der Waals surface area contributed by atoms with E-state index in [0.717, 1.165) is 36.6 Å². The summed E-state index contributed by atoms with van der Waals surface area (Å²) in [5.74, 6) is 0.902. The van der Waals surface area contributed by atoms with Crippen molar-refractivity contribution >= 4 is 5.69 Å². The largest absolute Gasteiger partial charge is 0.382 e. The highest BCUT2D eigenvalue weighted by molar-refractivity contribution is 5.49.